The third kappa shape index (κ3) is 6.04. The molecule has 0 aliphatic heterocycles. The largest absolute Gasteiger partial charge is 0.494 e. The van der Waals surface area contributed by atoms with Crippen LogP contribution in [-0.4, -0.2) is 57.7 Å². The minimum absolute atomic E-state index is 0.353. The Morgan fingerprint density at radius 3 is 2.48 bits per heavy atom. The van der Waals surface area contributed by atoms with Crippen LogP contribution < -0.4 is 10.1 Å². The molecule has 1 aromatic carbocycles. The van der Waals surface area contributed by atoms with Gasteiger partial charge in [-0.25, -0.2) is 0 Å². The first-order valence-corrected chi connectivity index (χ1v) is 7.74. The van der Waals surface area contributed by atoms with E-state index in [2.05, 4.69) is 61.4 Å². The summed E-state index contributed by atoms with van der Waals surface area (Å²) in [5.74, 6) is 1.00. The zero-order chi connectivity index (χ0) is 15.8. The van der Waals surface area contributed by atoms with Gasteiger partial charge in [-0.3, -0.25) is 0 Å². The predicted octanol–water partition coefficient (Wildman–Crippen LogP) is 2.36. The van der Waals surface area contributed by atoms with E-state index in [1.165, 1.54) is 11.1 Å². The molecule has 0 aliphatic carbocycles. The molecule has 0 bridgehead atoms. The average Bonchev–Trinajstić information content (AvgIpc) is 2.46. The van der Waals surface area contributed by atoms with Gasteiger partial charge in [0.05, 0.1) is 6.61 Å². The second-order valence-corrected chi connectivity index (χ2v) is 5.85. The van der Waals surface area contributed by atoms with Gasteiger partial charge < -0.3 is 19.9 Å². The molecule has 120 valence electrons. The SMILES string of the molecule is CCOc1ccc(C(C)NC)cc1CN(C)CCN(C)C. The van der Waals surface area contributed by atoms with Gasteiger partial charge in [-0.2, -0.15) is 0 Å². The molecule has 1 unspecified atom stereocenters. The number of benzene rings is 1. The summed E-state index contributed by atoms with van der Waals surface area (Å²) in [4.78, 5) is 4.55. The maximum Gasteiger partial charge on any atom is 0.123 e. The number of nitrogens with one attached hydrogen (secondary N) is 1. The quantitative estimate of drug-likeness (QED) is 0.756. The first-order chi connectivity index (χ1) is 9.97. The van der Waals surface area contributed by atoms with Crippen molar-refractivity contribution in [2.75, 3.05) is 47.9 Å². The summed E-state index contributed by atoms with van der Waals surface area (Å²) in [5.41, 5.74) is 2.56. The molecule has 1 rings (SSSR count). The molecule has 1 aromatic rings. The summed E-state index contributed by atoms with van der Waals surface area (Å²) in [6, 6.07) is 6.86. The predicted molar refractivity (Wildman–Crippen MR) is 90.0 cm³/mol. The number of ether oxygens (including phenoxy) is 1. The molecule has 0 saturated carbocycles. The van der Waals surface area contributed by atoms with Crippen LogP contribution in [0.25, 0.3) is 0 Å². The Balaban J connectivity index is 2.84. The van der Waals surface area contributed by atoms with Gasteiger partial charge in [0.2, 0.25) is 0 Å². The number of hydrogen-bond donors (Lipinski definition) is 1. The van der Waals surface area contributed by atoms with E-state index in [1.807, 2.05) is 14.0 Å². The van der Waals surface area contributed by atoms with E-state index in [0.717, 1.165) is 25.4 Å². The second-order valence-electron chi connectivity index (χ2n) is 5.85. The molecule has 0 saturated heterocycles. The van der Waals surface area contributed by atoms with Crippen LogP contribution in [0.3, 0.4) is 0 Å². The van der Waals surface area contributed by atoms with Crippen LogP contribution in [0.1, 0.15) is 31.0 Å². The summed E-state index contributed by atoms with van der Waals surface area (Å²) in [5, 5.41) is 3.29. The average molecular weight is 293 g/mol. The van der Waals surface area contributed by atoms with Crippen molar-refractivity contribution in [3.8, 4) is 5.75 Å². The molecule has 0 aromatic heterocycles. The van der Waals surface area contributed by atoms with Gasteiger partial charge in [0.15, 0.2) is 0 Å². The molecular formula is C17H31N3O. The van der Waals surface area contributed by atoms with E-state index in [1.54, 1.807) is 0 Å². The van der Waals surface area contributed by atoms with E-state index in [0.29, 0.717) is 12.6 Å². The lowest BCUT2D eigenvalue weighted by Crippen LogP contribution is -2.28. The van der Waals surface area contributed by atoms with E-state index in [4.69, 9.17) is 4.74 Å². The minimum Gasteiger partial charge on any atom is -0.494 e. The third-order valence-electron chi connectivity index (χ3n) is 3.69. The van der Waals surface area contributed by atoms with E-state index < -0.39 is 0 Å². The van der Waals surface area contributed by atoms with Crippen LogP contribution in [0.2, 0.25) is 0 Å². The Bertz CT molecular complexity index is 420. The fourth-order valence-electron chi connectivity index (χ4n) is 2.20. The van der Waals surface area contributed by atoms with Crippen LogP contribution in [0, 0.1) is 0 Å². The van der Waals surface area contributed by atoms with Gasteiger partial charge in [-0.05, 0) is 59.7 Å². The molecular weight excluding hydrogens is 262 g/mol. The highest BCUT2D eigenvalue weighted by Crippen LogP contribution is 2.24. The summed E-state index contributed by atoms with van der Waals surface area (Å²) in [6.07, 6.45) is 0. The van der Waals surface area contributed by atoms with Crippen molar-refractivity contribution in [1.29, 1.82) is 0 Å². The Morgan fingerprint density at radius 2 is 1.90 bits per heavy atom. The van der Waals surface area contributed by atoms with Crippen LogP contribution in [-0.2, 0) is 6.54 Å². The summed E-state index contributed by atoms with van der Waals surface area (Å²) in [6.45, 7) is 7.93. The molecule has 4 heteroatoms. The molecule has 0 radical (unpaired) electrons. The minimum atomic E-state index is 0.353. The lowest BCUT2D eigenvalue weighted by atomic mass is 10.0. The molecule has 1 N–H and O–H groups in total. The van der Waals surface area contributed by atoms with E-state index >= 15 is 0 Å². The standard InChI is InChI=1S/C17H31N3O/c1-7-21-17-9-8-15(14(2)18-3)12-16(17)13-20(6)11-10-19(4)5/h8-9,12,14,18H,7,10-11,13H2,1-6H3. The lowest BCUT2D eigenvalue weighted by Gasteiger charge is -2.22. The molecule has 0 heterocycles. The summed E-state index contributed by atoms with van der Waals surface area (Å²) >= 11 is 0. The van der Waals surface area contributed by atoms with Crippen molar-refractivity contribution in [2.45, 2.75) is 26.4 Å². The van der Waals surface area contributed by atoms with Gasteiger partial charge in [0.1, 0.15) is 5.75 Å². The van der Waals surface area contributed by atoms with Crippen LogP contribution in [0.5, 0.6) is 5.75 Å². The molecule has 1 atom stereocenters. The van der Waals surface area contributed by atoms with Crippen molar-refractivity contribution >= 4 is 0 Å². The monoisotopic (exact) mass is 293 g/mol. The zero-order valence-electron chi connectivity index (χ0n) is 14.4. The van der Waals surface area contributed by atoms with Gasteiger partial charge in [-0.1, -0.05) is 6.07 Å². The molecule has 0 spiro atoms. The van der Waals surface area contributed by atoms with E-state index in [9.17, 15) is 0 Å². The van der Waals surface area contributed by atoms with Crippen LogP contribution >= 0.6 is 0 Å². The highest BCUT2D eigenvalue weighted by molar-refractivity contribution is 5.38. The maximum absolute atomic E-state index is 5.77. The van der Waals surface area contributed by atoms with Crippen molar-refractivity contribution in [1.82, 2.24) is 15.1 Å². The summed E-state index contributed by atoms with van der Waals surface area (Å²) < 4.78 is 5.77. The fraction of sp³-hybridized carbons (Fsp3) is 0.647. The number of rotatable bonds is 9. The van der Waals surface area contributed by atoms with E-state index in [-0.39, 0.29) is 0 Å². The fourth-order valence-corrected chi connectivity index (χ4v) is 2.20. The number of likely N-dealkylation sites (N-methyl/N-ethyl adjacent to an activating group) is 2. The molecule has 0 amide bonds. The van der Waals surface area contributed by atoms with Gasteiger partial charge in [0, 0.05) is 31.2 Å². The Hall–Kier alpha value is -1.10. The normalized spacial score (nSPS) is 13.0. The Morgan fingerprint density at radius 1 is 1.19 bits per heavy atom. The van der Waals surface area contributed by atoms with Gasteiger partial charge in [0.25, 0.3) is 0 Å². The first kappa shape index (κ1) is 18.0. The third-order valence-corrected chi connectivity index (χ3v) is 3.69. The number of nitrogens with zero attached hydrogens (tertiary/aromatic N) is 2. The second kappa shape index (κ2) is 9.03. The van der Waals surface area contributed by atoms with Crippen molar-refractivity contribution < 1.29 is 4.74 Å². The Kier molecular flexibility index (Phi) is 7.72. The molecule has 0 aliphatic rings. The molecule has 21 heavy (non-hydrogen) atoms. The van der Waals surface area contributed by atoms with Crippen LogP contribution in [0.4, 0.5) is 0 Å². The summed E-state index contributed by atoms with van der Waals surface area (Å²) in [7, 11) is 8.36. The van der Waals surface area contributed by atoms with Gasteiger partial charge in [-0.15, -0.1) is 0 Å². The lowest BCUT2D eigenvalue weighted by molar-refractivity contribution is 0.269. The van der Waals surface area contributed by atoms with Gasteiger partial charge >= 0.3 is 0 Å². The highest BCUT2D eigenvalue weighted by atomic mass is 16.5. The number of hydrogen-bond acceptors (Lipinski definition) is 4. The van der Waals surface area contributed by atoms with Crippen LogP contribution in [0.15, 0.2) is 18.2 Å². The highest BCUT2D eigenvalue weighted by Gasteiger charge is 2.11. The van der Waals surface area contributed by atoms with Crippen molar-refractivity contribution in [3.63, 3.8) is 0 Å². The smallest absolute Gasteiger partial charge is 0.123 e. The van der Waals surface area contributed by atoms with Crippen molar-refractivity contribution in [3.05, 3.63) is 29.3 Å². The zero-order valence-corrected chi connectivity index (χ0v) is 14.4. The van der Waals surface area contributed by atoms with Crippen molar-refractivity contribution in [2.24, 2.45) is 0 Å². The Labute approximate surface area is 130 Å². The molecule has 4 nitrogen and oxygen atoms in total. The first-order valence-electron chi connectivity index (χ1n) is 7.74. The molecule has 0 fully saturated rings. The topological polar surface area (TPSA) is 27.7 Å². The maximum atomic E-state index is 5.77.